The highest BCUT2D eigenvalue weighted by atomic mass is 31.1. The fraction of sp³-hybridized carbons (Fsp3) is 0.450. The second kappa shape index (κ2) is 13.3. The van der Waals surface area contributed by atoms with Crippen molar-refractivity contribution in [2.24, 2.45) is 0 Å². The van der Waals surface area contributed by atoms with Crippen LogP contribution in [-0.2, 0) is 30.0 Å². The second-order valence-corrected chi connectivity index (χ2v) is 8.35. The molecule has 1 heterocycles. The molecule has 5 atom stereocenters. The number of aliphatic hydroxyl groups is 1. The summed E-state index contributed by atoms with van der Waals surface area (Å²) in [5, 5.41) is 12.2. The molecule has 2 rings (SSSR count). The Morgan fingerprint density at radius 1 is 1.26 bits per heavy atom. The average molecular weight is 504 g/mol. The quantitative estimate of drug-likeness (QED) is 0.270. The van der Waals surface area contributed by atoms with Crippen LogP contribution in [0.25, 0.3) is 0 Å². The molecular formula is C20H27F2N4O7P. The first-order valence-electron chi connectivity index (χ1n) is 10.2. The first-order valence-corrected chi connectivity index (χ1v) is 11.5. The molecule has 1 aromatic heterocycles. The molecule has 2 aromatic rings. The summed E-state index contributed by atoms with van der Waals surface area (Å²) in [6, 6.07) is 9.19. The lowest BCUT2D eigenvalue weighted by Crippen LogP contribution is -2.41. The number of halogens is 2. The van der Waals surface area contributed by atoms with E-state index < -0.39 is 57.3 Å². The van der Waals surface area contributed by atoms with Crippen LogP contribution in [0.15, 0.2) is 47.4 Å². The normalized spacial score (nSPS) is 15.9. The van der Waals surface area contributed by atoms with Gasteiger partial charge in [-0.05, 0) is 25.5 Å². The fourth-order valence-corrected chi connectivity index (χ4v) is 3.56. The molecule has 0 aliphatic carbocycles. The number of nitrogens with one attached hydrogen (secondary N) is 1. The summed E-state index contributed by atoms with van der Waals surface area (Å²) in [5.41, 5.74) is 5.38. The minimum absolute atomic E-state index is 0.0151. The van der Waals surface area contributed by atoms with E-state index in [1.54, 1.807) is 24.3 Å². The number of carbonyl (C=O) groups excluding carboxylic acids is 1. The maximum Gasteiger partial charge on any atom is 0.351 e. The highest BCUT2D eigenvalue weighted by molar-refractivity contribution is 7.36. The molecule has 0 aliphatic rings. The van der Waals surface area contributed by atoms with Crippen LogP contribution < -0.4 is 16.5 Å². The van der Waals surface area contributed by atoms with E-state index in [4.69, 9.17) is 19.7 Å². The zero-order chi connectivity index (χ0) is 25.3. The van der Waals surface area contributed by atoms with E-state index in [0.29, 0.717) is 0 Å². The molecule has 0 radical (unpaired) electrons. The minimum atomic E-state index is -3.20. The Hall–Kier alpha value is -2.70. The van der Waals surface area contributed by atoms with Gasteiger partial charge < -0.3 is 24.8 Å². The van der Waals surface area contributed by atoms with Crippen LogP contribution in [0.2, 0.25) is 0 Å². The molecule has 0 aliphatic heterocycles. The number of alkyl halides is 2. The van der Waals surface area contributed by atoms with Gasteiger partial charge in [0.1, 0.15) is 36.9 Å². The predicted molar refractivity (Wildman–Crippen MR) is 118 cm³/mol. The number of rotatable bonds is 13. The number of aromatic nitrogens is 2. The lowest BCUT2D eigenvalue weighted by Gasteiger charge is -2.27. The van der Waals surface area contributed by atoms with Crippen molar-refractivity contribution in [3.05, 3.63) is 58.6 Å². The van der Waals surface area contributed by atoms with Gasteiger partial charge in [-0.2, -0.15) is 4.98 Å². The van der Waals surface area contributed by atoms with Gasteiger partial charge in [-0.3, -0.25) is 13.9 Å². The van der Waals surface area contributed by atoms with E-state index >= 15 is 0 Å². The van der Waals surface area contributed by atoms with Crippen LogP contribution in [0.1, 0.15) is 25.6 Å². The molecule has 1 aromatic carbocycles. The first-order chi connectivity index (χ1) is 16.1. The Bertz CT molecular complexity index is 1010. The summed E-state index contributed by atoms with van der Waals surface area (Å²) in [6.07, 6.45) is -7.05. The highest BCUT2D eigenvalue weighted by Gasteiger charge is 2.31. The molecule has 0 bridgehead atoms. The van der Waals surface area contributed by atoms with Crippen molar-refractivity contribution < 1.29 is 37.2 Å². The lowest BCUT2D eigenvalue weighted by molar-refractivity contribution is -0.150. The molecule has 3 unspecified atom stereocenters. The Balaban J connectivity index is 1.91. The van der Waals surface area contributed by atoms with Gasteiger partial charge in [0.15, 0.2) is 0 Å². The van der Waals surface area contributed by atoms with E-state index in [9.17, 15) is 28.0 Å². The van der Waals surface area contributed by atoms with Gasteiger partial charge in [-0.15, -0.1) is 0 Å². The number of esters is 1. The highest BCUT2D eigenvalue weighted by Crippen LogP contribution is 2.23. The van der Waals surface area contributed by atoms with Gasteiger partial charge in [0.25, 0.3) is 14.6 Å². The molecular weight excluding hydrogens is 477 g/mol. The largest absolute Gasteiger partial charge is 0.460 e. The number of aliphatic hydroxyl groups excluding tert-OH is 1. The van der Waals surface area contributed by atoms with Gasteiger partial charge in [0.05, 0.1) is 6.61 Å². The fourth-order valence-electron chi connectivity index (χ4n) is 2.69. The van der Waals surface area contributed by atoms with Crippen LogP contribution in [-0.4, -0.2) is 51.9 Å². The molecule has 11 nitrogen and oxygen atoms in total. The Morgan fingerprint density at radius 2 is 1.94 bits per heavy atom. The third-order valence-corrected chi connectivity index (χ3v) is 5.64. The molecule has 4 N–H and O–H groups in total. The number of anilines is 1. The van der Waals surface area contributed by atoms with Crippen molar-refractivity contribution in [2.45, 2.75) is 51.4 Å². The van der Waals surface area contributed by atoms with Crippen LogP contribution in [0.4, 0.5) is 14.6 Å². The predicted octanol–water partition coefficient (Wildman–Crippen LogP) is 1.48. The maximum absolute atomic E-state index is 13.1. The maximum atomic E-state index is 13.1. The van der Waals surface area contributed by atoms with Crippen molar-refractivity contribution in [1.82, 2.24) is 14.6 Å². The first kappa shape index (κ1) is 27.5. The van der Waals surface area contributed by atoms with Crippen LogP contribution in [0, 0.1) is 0 Å². The van der Waals surface area contributed by atoms with E-state index in [1.807, 2.05) is 6.07 Å². The zero-order valence-electron chi connectivity index (χ0n) is 18.5. The molecule has 14 heteroatoms. The molecule has 0 fully saturated rings. The van der Waals surface area contributed by atoms with E-state index in [2.05, 4.69) is 10.1 Å². The van der Waals surface area contributed by atoms with Crippen LogP contribution in [0.5, 0.6) is 0 Å². The van der Waals surface area contributed by atoms with Gasteiger partial charge in [0.2, 0.25) is 0 Å². The summed E-state index contributed by atoms with van der Waals surface area (Å²) >= 11 is 0. The molecule has 34 heavy (non-hydrogen) atoms. The molecule has 0 amide bonds. The molecule has 0 saturated heterocycles. The van der Waals surface area contributed by atoms with Crippen LogP contribution in [0.3, 0.4) is 0 Å². The van der Waals surface area contributed by atoms with Crippen molar-refractivity contribution in [2.75, 3.05) is 12.3 Å². The van der Waals surface area contributed by atoms with Gasteiger partial charge in [-0.25, -0.2) is 18.7 Å². The summed E-state index contributed by atoms with van der Waals surface area (Å²) < 4.78 is 54.9. The van der Waals surface area contributed by atoms with Gasteiger partial charge in [-0.1, -0.05) is 30.3 Å². The summed E-state index contributed by atoms with van der Waals surface area (Å²) in [7, 11) is -3.12. The number of hydrogen-bond donors (Lipinski definition) is 3. The smallest absolute Gasteiger partial charge is 0.351 e. The number of benzene rings is 1. The average Bonchev–Trinajstić information content (AvgIpc) is 2.80. The topological polar surface area (TPSA) is 155 Å². The number of carbonyl (C=O) groups is 1. The number of hydrogen-bond acceptors (Lipinski definition) is 9. The van der Waals surface area contributed by atoms with Crippen molar-refractivity contribution in [3.63, 3.8) is 0 Å². The second-order valence-electron chi connectivity index (χ2n) is 7.20. The third kappa shape index (κ3) is 8.58. The number of nitrogens with zero attached hydrogens (tertiary/aromatic N) is 2. The van der Waals surface area contributed by atoms with E-state index in [-0.39, 0.29) is 12.4 Å². The zero-order valence-corrected chi connectivity index (χ0v) is 19.5. The van der Waals surface area contributed by atoms with Crippen molar-refractivity contribution >= 4 is 20.0 Å². The van der Waals surface area contributed by atoms with E-state index in [0.717, 1.165) is 10.1 Å². The van der Waals surface area contributed by atoms with Crippen LogP contribution >= 0.6 is 8.18 Å². The Kier molecular flexibility index (Phi) is 10.7. The molecule has 0 spiro atoms. The minimum Gasteiger partial charge on any atom is -0.460 e. The van der Waals surface area contributed by atoms with Gasteiger partial charge in [0, 0.05) is 6.20 Å². The molecule has 188 valence electrons. The Morgan fingerprint density at radius 3 is 2.56 bits per heavy atom. The van der Waals surface area contributed by atoms with Crippen molar-refractivity contribution in [1.29, 1.82) is 0 Å². The third-order valence-electron chi connectivity index (χ3n) is 4.54. The summed E-state index contributed by atoms with van der Waals surface area (Å²) in [5.74, 6) is -0.739. The summed E-state index contributed by atoms with van der Waals surface area (Å²) in [6.45, 7) is 2.05. The standard InChI is InChI=1S/C20H27F2N4O7P/c1-12(19(28)31-10-14-6-4-3-5-7-14)25-34(30)32-11-15(17(27)18(21)22)33-13(2)26-9-8-16(23)24-20(26)29/h3-9,12-13,15,17-18,27,34H,10-11H2,1-2H3,(H,25,30)(H2,23,24,29)/t12-,13+,15?,17?/m0/s1. The lowest BCUT2D eigenvalue weighted by atomic mass is 10.2. The van der Waals surface area contributed by atoms with Crippen molar-refractivity contribution in [3.8, 4) is 0 Å². The SMILES string of the molecule is C[C@H](N[PH](=O)OCC(O[C@H](C)n1ccc(N)nc1=O)C(O)C(F)F)C(=O)OCc1ccccc1. The molecule has 0 saturated carbocycles. The number of nitrogen functional groups attached to an aromatic ring is 1. The van der Waals surface area contributed by atoms with Gasteiger partial charge >= 0.3 is 11.7 Å². The monoisotopic (exact) mass is 504 g/mol. The van der Waals surface area contributed by atoms with E-state index in [1.165, 1.54) is 26.1 Å². The summed E-state index contributed by atoms with van der Waals surface area (Å²) in [4.78, 5) is 27.5. The Labute approximate surface area is 194 Å². The number of nitrogens with two attached hydrogens (primary N) is 1. The number of ether oxygens (including phenoxy) is 2.